The van der Waals surface area contributed by atoms with E-state index in [1.54, 1.807) is 17.8 Å². The Morgan fingerprint density at radius 1 is 1.14 bits per heavy atom. The summed E-state index contributed by atoms with van der Waals surface area (Å²) in [6, 6.07) is 14.3. The SMILES string of the molecule is CC(NC(=O)Cc1ccc(-n2cccn2)cc1)c1ccc(OC(F)(F)F)cc1. The highest BCUT2D eigenvalue weighted by Gasteiger charge is 2.31. The lowest BCUT2D eigenvalue weighted by molar-refractivity contribution is -0.274. The molecular weight excluding hydrogens is 371 g/mol. The van der Waals surface area contributed by atoms with Gasteiger partial charge in [0.1, 0.15) is 5.75 Å². The van der Waals surface area contributed by atoms with E-state index in [1.807, 2.05) is 36.5 Å². The van der Waals surface area contributed by atoms with Gasteiger partial charge in [0, 0.05) is 12.4 Å². The number of rotatable bonds is 6. The van der Waals surface area contributed by atoms with Crippen LogP contribution in [0.2, 0.25) is 0 Å². The predicted octanol–water partition coefficient (Wildman–Crippen LogP) is 4.19. The molecule has 0 aliphatic heterocycles. The van der Waals surface area contributed by atoms with Gasteiger partial charge in [-0.2, -0.15) is 5.10 Å². The minimum absolute atomic E-state index is 0.185. The van der Waals surface area contributed by atoms with E-state index < -0.39 is 6.36 Å². The molecule has 1 amide bonds. The molecule has 0 aliphatic carbocycles. The number of aromatic nitrogens is 2. The Bertz CT molecular complexity index is 905. The van der Waals surface area contributed by atoms with Crippen LogP contribution in [0.15, 0.2) is 67.0 Å². The molecule has 2 aromatic carbocycles. The Balaban J connectivity index is 1.55. The summed E-state index contributed by atoms with van der Waals surface area (Å²) in [6.07, 6.45) is -1.02. The highest BCUT2D eigenvalue weighted by Crippen LogP contribution is 2.24. The van der Waals surface area contributed by atoms with Crippen molar-refractivity contribution in [2.75, 3.05) is 0 Å². The smallest absolute Gasteiger partial charge is 0.406 e. The number of amides is 1. The number of carbonyl (C=O) groups excluding carboxylic acids is 1. The van der Waals surface area contributed by atoms with E-state index in [0.29, 0.717) is 5.56 Å². The Kier molecular flexibility index (Phi) is 5.67. The summed E-state index contributed by atoms with van der Waals surface area (Å²) in [6.45, 7) is 1.76. The zero-order valence-electron chi connectivity index (χ0n) is 15.0. The van der Waals surface area contributed by atoms with E-state index in [1.165, 1.54) is 24.3 Å². The minimum atomic E-state index is -4.73. The van der Waals surface area contributed by atoms with Crippen LogP contribution >= 0.6 is 0 Å². The molecule has 1 unspecified atom stereocenters. The number of hydrogen-bond acceptors (Lipinski definition) is 3. The zero-order chi connectivity index (χ0) is 20.1. The molecule has 1 atom stereocenters. The lowest BCUT2D eigenvalue weighted by Gasteiger charge is -2.15. The number of halogens is 3. The summed E-state index contributed by atoms with van der Waals surface area (Å²) in [5.74, 6) is -0.484. The first-order chi connectivity index (χ1) is 13.3. The molecular formula is C20H18F3N3O2. The molecule has 8 heteroatoms. The van der Waals surface area contributed by atoms with E-state index in [-0.39, 0.29) is 24.1 Å². The summed E-state index contributed by atoms with van der Waals surface area (Å²) in [4.78, 5) is 12.3. The largest absolute Gasteiger partial charge is 0.573 e. The molecule has 1 N–H and O–H groups in total. The Morgan fingerprint density at radius 3 is 2.39 bits per heavy atom. The molecule has 3 rings (SSSR count). The lowest BCUT2D eigenvalue weighted by atomic mass is 10.1. The molecule has 0 bridgehead atoms. The molecule has 5 nitrogen and oxygen atoms in total. The fourth-order valence-corrected chi connectivity index (χ4v) is 2.71. The fourth-order valence-electron chi connectivity index (χ4n) is 2.71. The van der Waals surface area contributed by atoms with Crippen molar-refractivity contribution in [2.24, 2.45) is 0 Å². The van der Waals surface area contributed by atoms with Crippen LogP contribution in [-0.2, 0) is 11.2 Å². The predicted molar refractivity (Wildman–Crippen MR) is 97.0 cm³/mol. The highest BCUT2D eigenvalue weighted by molar-refractivity contribution is 5.79. The summed E-state index contributed by atoms with van der Waals surface area (Å²) in [5.41, 5.74) is 2.41. The van der Waals surface area contributed by atoms with Gasteiger partial charge in [0.05, 0.1) is 18.2 Å². The van der Waals surface area contributed by atoms with Crippen molar-refractivity contribution in [3.8, 4) is 11.4 Å². The molecule has 3 aromatic rings. The second kappa shape index (κ2) is 8.16. The number of alkyl halides is 3. The third kappa shape index (κ3) is 5.35. The Morgan fingerprint density at radius 2 is 1.82 bits per heavy atom. The quantitative estimate of drug-likeness (QED) is 0.688. The molecule has 0 aliphatic rings. The number of benzene rings is 2. The first-order valence-corrected chi connectivity index (χ1v) is 8.54. The average Bonchev–Trinajstić information content (AvgIpc) is 3.16. The van der Waals surface area contributed by atoms with Crippen LogP contribution in [0.4, 0.5) is 13.2 Å². The van der Waals surface area contributed by atoms with Gasteiger partial charge in [0.25, 0.3) is 0 Å². The van der Waals surface area contributed by atoms with Gasteiger partial charge >= 0.3 is 6.36 Å². The molecule has 0 spiro atoms. The van der Waals surface area contributed by atoms with Crippen LogP contribution in [0.3, 0.4) is 0 Å². The van der Waals surface area contributed by atoms with Crippen molar-refractivity contribution in [1.82, 2.24) is 15.1 Å². The Hall–Kier alpha value is -3.29. The normalized spacial score (nSPS) is 12.4. The molecule has 146 valence electrons. The van der Waals surface area contributed by atoms with E-state index in [4.69, 9.17) is 0 Å². The van der Waals surface area contributed by atoms with Gasteiger partial charge < -0.3 is 10.1 Å². The summed E-state index contributed by atoms with van der Waals surface area (Å²) in [7, 11) is 0. The molecule has 28 heavy (non-hydrogen) atoms. The highest BCUT2D eigenvalue weighted by atomic mass is 19.4. The fraction of sp³-hybridized carbons (Fsp3) is 0.200. The molecule has 1 aromatic heterocycles. The van der Waals surface area contributed by atoms with Crippen molar-refractivity contribution >= 4 is 5.91 Å². The zero-order valence-corrected chi connectivity index (χ0v) is 15.0. The average molecular weight is 389 g/mol. The first-order valence-electron chi connectivity index (χ1n) is 8.54. The molecule has 1 heterocycles. The first kappa shape index (κ1) is 19.5. The van der Waals surface area contributed by atoms with Crippen LogP contribution < -0.4 is 10.1 Å². The number of nitrogens with one attached hydrogen (secondary N) is 1. The van der Waals surface area contributed by atoms with E-state index >= 15 is 0 Å². The molecule has 0 radical (unpaired) electrons. The van der Waals surface area contributed by atoms with E-state index in [0.717, 1.165) is 11.3 Å². The third-order valence-corrected chi connectivity index (χ3v) is 4.06. The van der Waals surface area contributed by atoms with Crippen molar-refractivity contribution in [2.45, 2.75) is 25.7 Å². The number of hydrogen-bond donors (Lipinski definition) is 1. The molecule has 0 saturated heterocycles. The minimum Gasteiger partial charge on any atom is -0.406 e. The number of nitrogens with zero attached hydrogens (tertiary/aromatic N) is 2. The summed E-state index contributed by atoms with van der Waals surface area (Å²) < 4.78 is 42.2. The maximum atomic E-state index is 12.3. The third-order valence-electron chi connectivity index (χ3n) is 4.06. The van der Waals surface area contributed by atoms with Gasteiger partial charge in [-0.05, 0) is 48.4 Å². The van der Waals surface area contributed by atoms with Gasteiger partial charge in [-0.25, -0.2) is 4.68 Å². The molecule has 0 saturated carbocycles. The lowest BCUT2D eigenvalue weighted by Crippen LogP contribution is -2.28. The Labute approximate surface area is 159 Å². The van der Waals surface area contributed by atoms with Gasteiger partial charge in [0.2, 0.25) is 5.91 Å². The monoisotopic (exact) mass is 389 g/mol. The van der Waals surface area contributed by atoms with E-state index in [2.05, 4.69) is 15.2 Å². The van der Waals surface area contributed by atoms with Crippen LogP contribution in [0.5, 0.6) is 5.75 Å². The van der Waals surface area contributed by atoms with Gasteiger partial charge in [-0.1, -0.05) is 24.3 Å². The standard InChI is InChI=1S/C20H18F3N3O2/c1-14(16-5-9-18(10-6-16)28-20(21,22)23)25-19(27)13-15-3-7-17(8-4-15)26-12-2-11-24-26/h2-12,14H,13H2,1H3,(H,25,27). The van der Waals surface area contributed by atoms with Gasteiger partial charge in [0.15, 0.2) is 0 Å². The summed E-state index contributed by atoms with van der Waals surface area (Å²) in [5, 5.41) is 6.98. The van der Waals surface area contributed by atoms with E-state index in [9.17, 15) is 18.0 Å². The maximum absolute atomic E-state index is 12.3. The van der Waals surface area contributed by atoms with Crippen molar-refractivity contribution in [3.63, 3.8) is 0 Å². The second-order valence-corrected chi connectivity index (χ2v) is 6.20. The van der Waals surface area contributed by atoms with Gasteiger partial charge in [-0.3, -0.25) is 4.79 Å². The molecule has 0 fully saturated rings. The van der Waals surface area contributed by atoms with Crippen molar-refractivity contribution < 1.29 is 22.7 Å². The van der Waals surface area contributed by atoms with Crippen LogP contribution in [0, 0.1) is 0 Å². The van der Waals surface area contributed by atoms with Crippen LogP contribution in [-0.4, -0.2) is 22.1 Å². The van der Waals surface area contributed by atoms with Crippen molar-refractivity contribution in [1.29, 1.82) is 0 Å². The maximum Gasteiger partial charge on any atom is 0.573 e. The summed E-state index contributed by atoms with van der Waals surface area (Å²) >= 11 is 0. The second-order valence-electron chi connectivity index (χ2n) is 6.20. The number of ether oxygens (including phenoxy) is 1. The van der Waals surface area contributed by atoms with Crippen LogP contribution in [0.25, 0.3) is 5.69 Å². The van der Waals surface area contributed by atoms with Crippen LogP contribution in [0.1, 0.15) is 24.1 Å². The number of carbonyl (C=O) groups is 1. The van der Waals surface area contributed by atoms with Gasteiger partial charge in [-0.15, -0.1) is 13.2 Å². The van der Waals surface area contributed by atoms with Crippen molar-refractivity contribution in [3.05, 3.63) is 78.1 Å². The topological polar surface area (TPSA) is 56.2 Å².